The van der Waals surface area contributed by atoms with E-state index in [4.69, 9.17) is 5.73 Å². The Morgan fingerprint density at radius 1 is 1.18 bits per heavy atom. The van der Waals surface area contributed by atoms with Crippen molar-refractivity contribution in [2.75, 3.05) is 26.2 Å². The van der Waals surface area contributed by atoms with Gasteiger partial charge in [0.2, 0.25) is 15.9 Å². The fourth-order valence-electron chi connectivity index (χ4n) is 2.34. The lowest BCUT2D eigenvalue weighted by Gasteiger charge is -2.35. The Labute approximate surface area is 131 Å². The quantitative estimate of drug-likeness (QED) is 0.854. The molecule has 2 rings (SSSR count). The van der Waals surface area contributed by atoms with Crippen molar-refractivity contribution in [3.63, 3.8) is 0 Å². The first-order valence-corrected chi connectivity index (χ1v) is 8.67. The molecule has 2 N–H and O–H groups in total. The van der Waals surface area contributed by atoms with Crippen LogP contribution < -0.4 is 5.73 Å². The summed E-state index contributed by atoms with van der Waals surface area (Å²) in [6.07, 6.45) is 1.59. The van der Waals surface area contributed by atoms with Crippen molar-refractivity contribution in [1.82, 2.24) is 9.21 Å². The van der Waals surface area contributed by atoms with Crippen LogP contribution in [0.15, 0.2) is 35.7 Å². The number of carbonyl (C=O) groups excluding carboxylic acids is 1. The first-order chi connectivity index (χ1) is 10.4. The lowest BCUT2D eigenvalue weighted by Crippen LogP contribution is -2.53. The fourth-order valence-corrected chi connectivity index (χ4v) is 3.51. The summed E-state index contributed by atoms with van der Waals surface area (Å²) in [4.78, 5) is 13.1. The molecule has 0 bridgehead atoms. The summed E-state index contributed by atoms with van der Waals surface area (Å²) in [7, 11) is -3.44. The Bertz CT molecular complexity index is 635. The maximum Gasteiger partial charge on any atom is 0.236 e. The Morgan fingerprint density at radius 3 is 2.32 bits per heavy atom. The van der Waals surface area contributed by atoms with Gasteiger partial charge in [-0.2, -0.15) is 4.31 Å². The third-order valence-electron chi connectivity index (χ3n) is 3.82. The maximum atomic E-state index is 12.3. The molecule has 0 aromatic heterocycles. The van der Waals surface area contributed by atoms with Crippen LogP contribution in [0, 0.1) is 0 Å². The van der Waals surface area contributed by atoms with Crippen LogP contribution in [0.3, 0.4) is 0 Å². The van der Waals surface area contributed by atoms with E-state index in [1.165, 1.54) is 9.71 Å². The van der Waals surface area contributed by atoms with Gasteiger partial charge in [0, 0.05) is 31.6 Å². The van der Waals surface area contributed by atoms with Gasteiger partial charge < -0.3 is 5.73 Å². The molecule has 6 nitrogen and oxygen atoms in total. The molecular formula is C15H21N3O3S. The van der Waals surface area contributed by atoms with Crippen molar-refractivity contribution in [2.45, 2.75) is 13.0 Å². The summed E-state index contributed by atoms with van der Waals surface area (Å²) >= 11 is 0. The number of rotatable bonds is 5. The molecule has 1 atom stereocenters. The Hall–Kier alpha value is -1.70. The normalized spacial score (nSPS) is 19.3. The second kappa shape index (κ2) is 7.04. The van der Waals surface area contributed by atoms with E-state index in [9.17, 15) is 13.2 Å². The first-order valence-electron chi connectivity index (χ1n) is 7.17. The van der Waals surface area contributed by atoms with Gasteiger partial charge in [0.15, 0.2) is 0 Å². The smallest absolute Gasteiger partial charge is 0.236 e. The van der Waals surface area contributed by atoms with Gasteiger partial charge in [-0.25, -0.2) is 8.42 Å². The molecule has 0 saturated carbocycles. The minimum absolute atomic E-state index is 0.360. The molecule has 1 aromatic rings. The first kappa shape index (κ1) is 16.7. The zero-order valence-electron chi connectivity index (χ0n) is 12.6. The van der Waals surface area contributed by atoms with Crippen molar-refractivity contribution < 1.29 is 13.2 Å². The van der Waals surface area contributed by atoms with Crippen molar-refractivity contribution in [2.24, 2.45) is 5.73 Å². The zero-order chi connectivity index (χ0) is 16.2. The molecule has 120 valence electrons. The van der Waals surface area contributed by atoms with Gasteiger partial charge in [-0.1, -0.05) is 30.3 Å². The molecule has 1 amide bonds. The summed E-state index contributed by atoms with van der Waals surface area (Å²) in [6.45, 7) is 3.46. The summed E-state index contributed by atoms with van der Waals surface area (Å²) in [5.41, 5.74) is 6.12. The number of hydrogen-bond donors (Lipinski definition) is 1. The highest BCUT2D eigenvalue weighted by atomic mass is 32.2. The standard InChI is InChI=1S/C15H21N3O3S/c1-13(15(16)19)17-8-10-18(11-9-17)22(20,21)12-7-14-5-3-2-4-6-14/h2-7,12-13H,8-11H2,1H3,(H2,16,19)/b12-7+/t13-/m0/s1. The molecule has 0 aliphatic carbocycles. The number of amides is 1. The highest BCUT2D eigenvalue weighted by Crippen LogP contribution is 2.13. The molecule has 1 saturated heterocycles. The molecule has 22 heavy (non-hydrogen) atoms. The molecule has 1 aromatic carbocycles. The lowest BCUT2D eigenvalue weighted by molar-refractivity contribution is -0.123. The van der Waals surface area contributed by atoms with Crippen LogP contribution >= 0.6 is 0 Å². The lowest BCUT2D eigenvalue weighted by atomic mass is 10.2. The summed E-state index contributed by atoms with van der Waals surface area (Å²) in [5.74, 6) is -0.389. The predicted octanol–water partition coefficient (Wildman–Crippen LogP) is 0.479. The number of nitrogens with two attached hydrogens (primary N) is 1. The Kier molecular flexibility index (Phi) is 5.33. The monoisotopic (exact) mass is 323 g/mol. The Morgan fingerprint density at radius 2 is 1.77 bits per heavy atom. The van der Waals surface area contributed by atoms with Gasteiger partial charge in [0.1, 0.15) is 0 Å². The average molecular weight is 323 g/mol. The topological polar surface area (TPSA) is 83.7 Å². The van der Waals surface area contributed by atoms with E-state index < -0.39 is 10.0 Å². The minimum Gasteiger partial charge on any atom is -0.368 e. The molecule has 1 heterocycles. The molecule has 1 aliphatic heterocycles. The molecule has 0 unspecified atom stereocenters. The van der Waals surface area contributed by atoms with Crippen LogP contribution in [0.1, 0.15) is 12.5 Å². The van der Waals surface area contributed by atoms with Crippen molar-refractivity contribution in [3.8, 4) is 0 Å². The summed E-state index contributed by atoms with van der Waals surface area (Å²) < 4.78 is 26.0. The van der Waals surface area contributed by atoms with Crippen LogP contribution in [0.4, 0.5) is 0 Å². The van der Waals surface area contributed by atoms with E-state index in [-0.39, 0.29) is 11.9 Å². The van der Waals surface area contributed by atoms with E-state index in [1.807, 2.05) is 35.2 Å². The third-order valence-corrected chi connectivity index (χ3v) is 5.39. The highest BCUT2D eigenvalue weighted by Gasteiger charge is 2.28. The summed E-state index contributed by atoms with van der Waals surface area (Å²) in [6, 6.07) is 8.92. The number of piperazine rings is 1. The van der Waals surface area contributed by atoms with Crippen molar-refractivity contribution in [1.29, 1.82) is 0 Å². The van der Waals surface area contributed by atoms with Crippen LogP contribution in [0.5, 0.6) is 0 Å². The van der Waals surface area contributed by atoms with Gasteiger partial charge in [-0.15, -0.1) is 0 Å². The van der Waals surface area contributed by atoms with E-state index in [2.05, 4.69) is 0 Å². The molecule has 7 heteroatoms. The van der Waals surface area contributed by atoms with Gasteiger partial charge in [-0.05, 0) is 18.6 Å². The second-order valence-corrected chi connectivity index (χ2v) is 7.09. The second-order valence-electron chi connectivity index (χ2n) is 5.27. The SMILES string of the molecule is C[C@@H](C(N)=O)N1CCN(S(=O)(=O)/C=C/c2ccccc2)CC1. The van der Waals surface area contributed by atoms with E-state index in [0.717, 1.165) is 5.56 Å². The van der Waals surface area contributed by atoms with E-state index >= 15 is 0 Å². The molecule has 0 radical (unpaired) electrons. The van der Waals surface area contributed by atoms with Gasteiger partial charge >= 0.3 is 0 Å². The number of benzene rings is 1. The van der Waals surface area contributed by atoms with Crippen LogP contribution in [-0.2, 0) is 14.8 Å². The van der Waals surface area contributed by atoms with Gasteiger partial charge in [-0.3, -0.25) is 9.69 Å². The van der Waals surface area contributed by atoms with Crippen LogP contribution in [0.25, 0.3) is 6.08 Å². The van der Waals surface area contributed by atoms with Crippen molar-refractivity contribution in [3.05, 3.63) is 41.3 Å². The molecule has 0 spiro atoms. The van der Waals surface area contributed by atoms with Gasteiger partial charge in [0.25, 0.3) is 0 Å². The average Bonchev–Trinajstić information content (AvgIpc) is 2.53. The van der Waals surface area contributed by atoms with Crippen LogP contribution in [0.2, 0.25) is 0 Å². The molecular weight excluding hydrogens is 302 g/mol. The zero-order valence-corrected chi connectivity index (χ0v) is 13.4. The number of sulfonamides is 1. The Balaban J connectivity index is 1.98. The predicted molar refractivity (Wildman–Crippen MR) is 86.2 cm³/mol. The van der Waals surface area contributed by atoms with Crippen LogP contribution in [-0.4, -0.2) is 55.8 Å². The fraction of sp³-hybridized carbons (Fsp3) is 0.400. The molecule has 1 aliphatic rings. The highest BCUT2D eigenvalue weighted by molar-refractivity contribution is 7.92. The summed E-state index contributed by atoms with van der Waals surface area (Å²) in [5, 5.41) is 1.23. The number of primary amides is 1. The number of nitrogens with zero attached hydrogens (tertiary/aromatic N) is 2. The third kappa shape index (κ3) is 4.16. The largest absolute Gasteiger partial charge is 0.368 e. The minimum atomic E-state index is -3.44. The van der Waals surface area contributed by atoms with E-state index in [0.29, 0.717) is 26.2 Å². The van der Waals surface area contributed by atoms with Gasteiger partial charge in [0.05, 0.1) is 6.04 Å². The number of carbonyl (C=O) groups is 1. The van der Waals surface area contributed by atoms with E-state index in [1.54, 1.807) is 13.0 Å². The molecule has 1 fully saturated rings. The van der Waals surface area contributed by atoms with Crippen molar-refractivity contribution >= 4 is 22.0 Å². The maximum absolute atomic E-state index is 12.3. The number of hydrogen-bond acceptors (Lipinski definition) is 4.